The SMILES string of the molecule is CCCCCCCCC[C@]1(C#N)CC[C@H](C(=O)Oc2ccc(-c3ncc(CCCCCC)cn3)cc2)CC1. The highest BCUT2D eigenvalue weighted by molar-refractivity contribution is 5.75. The number of hydrogen-bond acceptors (Lipinski definition) is 5. The molecule has 1 aromatic carbocycles. The summed E-state index contributed by atoms with van der Waals surface area (Å²) in [4.78, 5) is 21.9. The van der Waals surface area contributed by atoms with Crippen LogP contribution in [-0.2, 0) is 11.2 Å². The van der Waals surface area contributed by atoms with Crippen LogP contribution in [0.3, 0.4) is 0 Å². The molecule has 0 radical (unpaired) electrons. The molecule has 0 aliphatic heterocycles. The van der Waals surface area contributed by atoms with Gasteiger partial charge in [0, 0.05) is 18.0 Å². The first-order valence-corrected chi connectivity index (χ1v) is 15.1. The Kier molecular flexibility index (Phi) is 12.8. The fourth-order valence-corrected chi connectivity index (χ4v) is 5.50. The van der Waals surface area contributed by atoms with Gasteiger partial charge < -0.3 is 4.74 Å². The lowest BCUT2D eigenvalue weighted by Gasteiger charge is -2.34. The number of aromatic nitrogens is 2. The van der Waals surface area contributed by atoms with E-state index in [1.54, 1.807) is 0 Å². The number of unbranched alkanes of at least 4 members (excludes halogenated alkanes) is 9. The largest absolute Gasteiger partial charge is 0.426 e. The molecule has 0 amide bonds. The number of nitriles is 1. The summed E-state index contributed by atoms with van der Waals surface area (Å²) in [6.07, 6.45) is 22.6. The van der Waals surface area contributed by atoms with Crippen LogP contribution in [0.2, 0.25) is 0 Å². The fraction of sp³-hybridized carbons (Fsp3) is 0.636. The number of aryl methyl sites for hydroxylation is 1. The van der Waals surface area contributed by atoms with E-state index in [2.05, 4.69) is 29.9 Å². The Hall–Kier alpha value is -2.74. The molecule has 2 aromatic rings. The molecule has 5 heteroatoms. The van der Waals surface area contributed by atoms with Crippen LogP contribution >= 0.6 is 0 Å². The van der Waals surface area contributed by atoms with Gasteiger partial charge in [0.05, 0.1) is 17.4 Å². The van der Waals surface area contributed by atoms with Gasteiger partial charge in [-0.1, -0.05) is 78.1 Å². The Morgan fingerprint density at radius 1 is 0.895 bits per heavy atom. The van der Waals surface area contributed by atoms with Gasteiger partial charge in [-0.15, -0.1) is 0 Å². The fourth-order valence-electron chi connectivity index (χ4n) is 5.50. The minimum absolute atomic E-state index is 0.126. The summed E-state index contributed by atoms with van der Waals surface area (Å²) < 4.78 is 5.71. The minimum Gasteiger partial charge on any atom is -0.426 e. The zero-order chi connectivity index (χ0) is 27.1. The zero-order valence-corrected chi connectivity index (χ0v) is 23.7. The Balaban J connectivity index is 1.42. The van der Waals surface area contributed by atoms with Crippen LogP contribution in [-0.4, -0.2) is 15.9 Å². The second-order valence-corrected chi connectivity index (χ2v) is 11.2. The number of nitrogens with zero attached hydrogens (tertiary/aromatic N) is 3. The zero-order valence-electron chi connectivity index (χ0n) is 23.7. The maximum atomic E-state index is 12.8. The number of benzene rings is 1. The molecule has 3 rings (SSSR count). The van der Waals surface area contributed by atoms with E-state index in [1.165, 1.54) is 69.8 Å². The lowest BCUT2D eigenvalue weighted by atomic mass is 9.69. The highest BCUT2D eigenvalue weighted by atomic mass is 16.5. The smallest absolute Gasteiger partial charge is 0.314 e. The van der Waals surface area contributed by atoms with E-state index in [0.717, 1.165) is 50.5 Å². The first-order valence-electron chi connectivity index (χ1n) is 15.1. The lowest BCUT2D eigenvalue weighted by molar-refractivity contribution is -0.140. The maximum absolute atomic E-state index is 12.8. The highest BCUT2D eigenvalue weighted by Crippen LogP contribution is 2.43. The summed E-state index contributed by atoms with van der Waals surface area (Å²) in [5.41, 5.74) is 1.82. The molecule has 1 aliphatic carbocycles. The first-order chi connectivity index (χ1) is 18.6. The van der Waals surface area contributed by atoms with Crippen LogP contribution < -0.4 is 4.74 Å². The van der Waals surface area contributed by atoms with Gasteiger partial charge in [0.2, 0.25) is 0 Å². The minimum atomic E-state index is -0.257. The molecule has 0 atom stereocenters. The van der Waals surface area contributed by atoms with E-state index in [0.29, 0.717) is 11.6 Å². The van der Waals surface area contributed by atoms with Gasteiger partial charge in [-0.2, -0.15) is 5.26 Å². The molecule has 1 saturated carbocycles. The van der Waals surface area contributed by atoms with Crippen LogP contribution in [0.4, 0.5) is 0 Å². The molecule has 206 valence electrons. The molecule has 1 aromatic heterocycles. The van der Waals surface area contributed by atoms with E-state index in [-0.39, 0.29) is 17.3 Å². The van der Waals surface area contributed by atoms with Crippen molar-refractivity contribution in [3.05, 3.63) is 42.2 Å². The topological polar surface area (TPSA) is 75.9 Å². The number of carbonyl (C=O) groups is 1. The van der Waals surface area contributed by atoms with Gasteiger partial charge in [0.1, 0.15) is 5.75 Å². The quantitative estimate of drug-likeness (QED) is 0.126. The van der Waals surface area contributed by atoms with E-state index in [1.807, 2.05) is 36.7 Å². The van der Waals surface area contributed by atoms with Crippen molar-refractivity contribution in [2.45, 2.75) is 123 Å². The van der Waals surface area contributed by atoms with Gasteiger partial charge >= 0.3 is 5.97 Å². The third kappa shape index (κ3) is 9.53. The molecule has 0 unspecified atom stereocenters. The normalized spacial score (nSPS) is 19.1. The molecule has 1 aliphatic rings. The number of esters is 1. The number of ether oxygens (including phenoxy) is 1. The Bertz CT molecular complexity index is 986. The Morgan fingerprint density at radius 3 is 2.08 bits per heavy atom. The molecule has 1 heterocycles. The molecule has 0 bridgehead atoms. The van der Waals surface area contributed by atoms with Crippen molar-refractivity contribution in [1.29, 1.82) is 5.26 Å². The summed E-state index contributed by atoms with van der Waals surface area (Å²) in [5.74, 6) is 0.926. The molecule has 38 heavy (non-hydrogen) atoms. The summed E-state index contributed by atoms with van der Waals surface area (Å²) in [6, 6.07) is 10.1. The van der Waals surface area contributed by atoms with Crippen molar-refractivity contribution in [2.24, 2.45) is 11.3 Å². The molecule has 1 fully saturated rings. The molecule has 0 saturated heterocycles. The number of carbonyl (C=O) groups excluding carboxylic acids is 1. The standard InChI is InChI=1S/C33H47N3O2/c1-3-5-7-9-10-11-13-21-33(26-34)22-19-29(20-23-33)32(37)38-30-17-15-28(16-18-30)31-35-24-27(25-36-31)14-12-8-6-4-2/h15-18,24-25,29H,3-14,19-23H2,1-2H3/t29-,33-. The van der Waals surface area contributed by atoms with Crippen LogP contribution in [0, 0.1) is 22.7 Å². The van der Waals surface area contributed by atoms with Crippen molar-refractivity contribution >= 4 is 5.97 Å². The number of rotatable bonds is 16. The van der Waals surface area contributed by atoms with Gasteiger partial charge in [-0.25, -0.2) is 9.97 Å². The average molecular weight is 518 g/mol. The first kappa shape index (κ1) is 29.8. The Labute approximate surface area is 230 Å². The predicted molar refractivity (Wildman–Crippen MR) is 154 cm³/mol. The van der Waals surface area contributed by atoms with Crippen LogP contribution in [0.25, 0.3) is 11.4 Å². The van der Waals surface area contributed by atoms with Gasteiger partial charge in [0.15, 0.2) is 5.82 Å². The van der Waals surface area contributed by atoms with E-state index in [9.17, 15) is 10.1 Å². The molecule has 5 nitrogen and oxygen atoms in total. The van der Waals surface area contributed by atoms with Gasteiger partial charge in [-0.05, 0) is 74.8 Å². The summed E-state index contributed by atoms with van der Waals surface area (Å²) >= 11 is 0. The average Bonchev–Trinajstić information content (AvgIpc) is 2.96. The number of hydrogen-bond donors (Lipinski definition) is 0. The van der Waals surface area contributed by atoms with E-state index in [4.69, 9.17) is 4.74 Å². The Morgan fingerprint density at radius 2 is 1.47 bits per heavy atom. The second-order valence-electron chi connectivity index (χ2n) is 11.2. The van der Waals surface area contributed by atoms with Gasteiger partial charge in [-0.3, -0.25) is 4.79 Å². The molecule has 0 spiro atoms. The van der Waals surface area contributed by atoms with Crippen molar-refractivity contribution in [1.82, 2.24) is 9.97 Å². The van der Waals surface area contributed by atoms with Gasteiger partial charge in [0.25, 0.3) is 0 Å². The second kappa shape index (κ2) is 16.3. The summed E-state index contributed by atoms with van der Waals surface area (Å²) in [5, 5.41) is 9.89. The van der Waals surface area contributed by atoms with Crippen molar-refractivity contribution in [3.8, 4) is 23.2 Å². The summed E-state index contributed by atoms with van der Waals surface area (Å²) in [6.45, 7) is 4.46. The third-order valence-corrected chi connectivity index (χ3v) is 8.13. The molecular formula is C33H47N3O2. The van der Waals surface area contributed by atoms with Crippen molar-refractivity contribution < 1.29 is 9.53 Å². The van der Waals surface area contributed by atoms with E-state index < -0.39 is 0 Å². The maximum Gasteiger partial charge on any atom is 0.314 e. The lowest BCUT2D eigenvalue weighted by Crippen LogP contribution is -2.31. The van der Waals surface area contributed by atoms with Crippen molar-refractivity contribution in [2.75, 3.05) is 0 Å². The predicted octanol–water partition coefficient (Wildman–Crippen LogP) is 9.01. The molecule has 0 N–H and O–H groups in total. The third-order valence-electron chi connectivity index (χ3n) is 8.13. The summed E-state index contributed by atoms with van der Waals surface area (Å²) in [7, 11) is 0. The van der Waals surface area contributed by atoms with E-state index >= 15 is 0 Å². The highest BCUT2D eigenvalue weighted by Gasteiger charge is 2.38. The van der Waals surface area contributed by atoms with Crippen LogP contribution in [0.15, 0.2) is 36.7 Å². The van der Waals surface area contributed by atoms with Crippen LogP contribution in [0.5, 0.6) is 5.75 Å². The van der Waals surface area contributed by atoms with Crippen molar-refractivity contribution in [3.63, 3.8) is 0 Å². The molecular weight excluding hydrogens is 470 g/mol. The monoisotopic (exact) mass is 517 g/mol. The van der Waals surface area contributed by atoms with Crippen LogP contribution in [0.1, 0.15) is 122 Å².